The molecule has 2 aromatic carbocycles. The smallest absolute Gasteiger partial charge is 0.243 e. The Morgan fingerprint density at radius 1 is 0.909 bits per heavy atom. The lowest BCUT2D eigenvalue weighted by atomic mass is 9.98. The van der Waals surface area contributed by atoms with Gasteiger partial charge in [-0.05, 0) is 69.0 Å². The second-order valence-electron chi connectivity index (χ2n) is 9.39. The summed E-state index contributed by atoms with van der Waals surface area (Å²) < 4.78 is 27.5. The molecule has 1 atom stereocenters. The third-order valence-corrected chi connectivity index (χ3v) is 8.64. The SMILES string of the molecule is Cc1ccc(S(=O)(=O)N2CCC[C@@H](C(=O)NCc3ccc(CN4CCCCC4)cc3)C2)cc1. The summed E-state index contributed by atoms with van der Waals surface area (Å²) in [5.41, 5.74) is 3.38. The molecule has 0 aromatic heterocycles. The Labute approximate surface area is 198 Å². The first kappa shape index (κ1) is 23.9. The van der Waals surface area contributed by atoms with E-state index in [-0.39, 0.29) is 18.4 Å². The fourth-order valence-corrected chi connectivity index (χ4v) is 6.23. The predicted molar refractivity (Wildman–Crippen MR) is 130 cm³/mol. The van der Waals surface area contributed by atoms with Crippen LogP contribution in [0.2, 0.25) is 0 Å². The van der Waals surface area contributed by atoms with E-state index in [9.17, 15) is 13.2 Å². The van der Waals surface area contributed by atoms with Crippen molar-refractivity contribution in [1.29, 1.82) is 0 Å². The highest BCUT2D eigenvalue weighted by Crippen LogP contribution is 2.24. The molecule has 0 unspecified atom stereocenters. The van der Waals surface area contributed by atoms with Crippen LogP contribution < -0.4 is 5.32 Å². The third-order valence-electron chi connectivity index (χ3n) is 6.76. The lowest BCUT2D eigenvalue weighted by molar-refractivity contribution is -0.126. The van der Waals surface area contributed by atoms with Crippen molar-refractivity contribution in [3.63, 3.8) is 0 Å². The van der Waals surface area contributed by atoms with E-state index in [0.717, 1.165) is 17.7 Å². The maximum atomic E-state index is 13.0. The number of hydrogen-bond donors (Lipinski definition) is 1. The molecule has 0 saturated carbocycles. The van der Waals surface area contributed by atoms with Crippen LogP contribution >= 0.6 is 0 Å². The van der Waals surface area contributed by atoms with Crippen LogP contribution in [0.3, 0.4) is 0 Å². The predicted octanol–water partition coefficient (Wildman–Crippen LogP) is 3.70. The molecule has 4 rings (SSSR count). The Hall–Kier alpha value is -2.22. The summed E-state index contributed by atoms with van der Waals surface area (Å²) in [6.45, 7) is 6.42. The van der Waals surface area contributed by atoms with E-state index >= 15 is 0 Å². The van der Waals surface area contributed by atoms with E-state index in [0.29, 0.717) is 30.8 Å². The molecule has 33 heavy (non-hydrogen) atoms. The molecule has 2 aliphatic heterocycles. The van der Waals surface area contributed by atoms with E-state index in [1.807, 2.05) is 6.92 Å². The van der Waals surface area contributed by atoms with Crippen molar-refractivity contribution in [3.8, 4) is 0 Å². The molecule has 2 saturated heterocycles. The number of nitrogens with one attached hydrogen (secondary N) is 1. The number of benzene rings is 2. The lowest BCUT2D eigenvalue weighted by Crippen LogP contribution is -2.45. The van der Waals surface area contributed by atoms with Crippen molar-refractivity contribution >= 4 is 15.9 Å². The third kappa shape index (κ3) is 6.22. The van der Waals surface area contributed by atoms with Crippen molar-refractivity contribution < 1.29 is 13.2 Å². The number of carbonyl (C=O) groups is 1. The van der Waals surface area contributed by atoms with Crippen LogP contribution in [-0.4, -0.2) is 49.7 Å². The summed E-state index contributed by atoms with van der Waals surface area (Å²) in [4.78, 5) is 15.6. The Balaban J connectivity index is 1.29. The van der Waals surface area contributed by atoms with Gasteiger partial charge in [0.2, 0.25) is 15.9 Å². The van der Waals surface area contributed by atoms with Crippen LogP contribution in [0.5, 0.6) is 0 Å². The second-order valence-corrected chi connectivity index (χ2v) is 11.3. The van der Waals surface area contributed by atoms with Gasteiger partial charge in [-0.2, -0.15) is 4.31 Å². The van der Waals surface area contributed by atoms with Gasteiger partial charge in [0, 0.05) is 26.2 Å². The van der Waals surface area contributed by atoms with Crippen molar-refractivity contribution in [3.05, 3.63) is 65.2 Å². The highest BCUT2D eigenvalue weighted by Gasteiger charge is 2.33. The summed E-state index contributed by atoms with van der Waals surface area (Å²) >= 11 is 0. The molecule has 0 spiro atoms. The van der Waals surface area contributed by atoms with Crippen molar-refractivity contribution in [2.45, 2.75) is 57.0 Å². The summed E-state index contributed by atoms with van der Waals surface area (Å²) in [6, 6.07) is 15.3. The molecule has 1 amide bonds. The van der Waals surface area contributed by atoms with Gasteiger partial charge in [0.1, 0.15) is 0 Å². The molecule has 0 aliphatic carbocycles. The summed E-state index contributed by atoms with van der Waals surface area (Å²) in [5.74, 6) is -0.395. The lowest BCUT2D eigenvalue weighted by Gasteiger charge is -2.31. The van der Waals surface area contributed by atoms with Crippen LogP contribution in [0.15, 0.2) is 53.4 Å². The Morgan fingerprint density at radius 3 is 2.27 bits per heavy atom. The van der Waals surface area contributed by atoms with Crippen molar-refractivity contribution in [1.82, 2.24) is 14.5 Å². The minimum absolute atomic E-state index is 0.0730. The standard InChI is InChI=1S/C26H35N3O3S/c1-21-7-13-25(14-8-21)33(31,32)29-17-5-6-24(20-29)26(30)27-18-22-9-11-23(12-10-22)19-28-15-3-2-4-16-28/h7-14,24H,2-6,15-20H2,1H3,(H,27,30)/t24-/m1/s1. The quantitative estimate of drug-likeness (QED) is 0.671. The van der Waals surface area contributed by atoms with E-state index < -0.39 is 10.0 Å². The van der Waals surface area contributed by atoms with Crippen LogP contribution in [0.4, 0.5) is 0 Å². The number of likely N-dealkylation sites (tertiary alicyclic amines) is 1. The molecule has 0 radical (unpaired) electrons. The number of hydrogen-bond acceptors (Lipinski definition) is 4. The highest BCUT2D eigenvalue weighted by molar-refractivity contribution is 7.89. The fourth-order valence-electron chi connectivity index (χ4n) is 4.71. The van der Waals surface area contributed by atoms with E-state index in [1.54, 1.807) is 24.3 Å². The van der Waals surface area contributed by atoms with Gasteiger partial charge >= 0.3 is 0 Å². The van der Waals surface area contributed by atoms with Gasteiger partial charge in [0.25, 0.3) is 0 Å². The number of amides is 1. The van der Waals surface area contributed by atoms with E-state index in [1.165, 1.54) is 42.2 Å². The number of carbonyl (C=O) groups excluding carboxylic acids is 1. The highest BCUT2D eigenvalue weighted by atomic mass is 32.2. The summed E-state index contributed by atoms with van der Waals surface area (Å²) in [7, 11) is -3.58. The van der Waals surface area contributed by atoms with Gasteiger partial charge in [-0.15, -0.1) is 0 Å². The van der Waals surface area contributed by atoms with Crippen LogP contribution in [0, 0.1) is 12.8 Å². The molecule has 6 nitrogen and oxygen atoms in total. The Kier molecular flexibility index (Phi) is 7.83. The van der Waals surface area contributed by atoms with Gasteiger partial charge in [-0.1, -0.05) is 48.4 Å². The maximum Gasteiger partial charge on any atom is 0.243 e. The minimum Gasteiger partial charge on any atom is -0.352 e. The second kappa shape index (κ2) is 10.8. The largest absolute Gasteiger partial charge is 0.352 e. The molecule has 2 aromatic rings. The van der Waals surface area contributed by atoms with E-state index in [4.69, 9.17) is 0 Å². The average Bonchev–Trinajstić information content (AvgIpc) is 2.84. The van der Waals surface area contributed by atoms with Crippen LogP contribution in [0.1, 0.15) is 48.8 Å². The first-order chi connectivity index (χ1) is 15.9. The molecule has 2 aliphatic rings. The minimum atomic E-state index is -3.58. The Morgan fingerprint density at radius 2 is 1.58 bits per heavy atom. The van der Waals surface area contributed by atoms with Gasteiger partial charge in [0.15, 0.2) is 0 Å². The van der Waals surface area contributed by atoms with Crippen LogP contribution in [0.25, 0.3) is 0 Å². The topological polar surface area (TPSA) is 69.7 Å². The normalized spacial score (nSPS) is 20.5. The average molecular weight is 470 g/mol. The fraction of sp³-hybridized carbons (Fsp3) is 0.500. The molecular weight excluding hydrogens is 434 g/mol. The molecule has 1 N–H and O–H groups in total. The van der Waals surface area contributed by atoms with Gasteiger partial charge in [-0.3, -0.25) is 9.69 Å². The number of aryl methyl sites for hydroxylation is 1. The maximum absolute atomic E-state index is 13.0. The van der Waals surface area contributed by atoms with Crippen LogP contribution in [-0.2, 0) is 27.9 Å². The first-order valence-corrected chi connectivity index (χ1v) is 13.5. The number of sulfonamides is 1. The molecule has 2 fully saturated rings. The Bertz CT molecular complexity index is 1030. The molecule has 7 heteroatoms. The van der Waals surface area contributed by atoms with Gasteiger partial charge in [-0.25, -0.2) is 8.42 Å². The molecule has 0 bridgehead atoms. The zero-order chi connectivity index (χ0) is 23.3. The number of rotatable bonds is 7. The van der Waals surface area contributed by atoms with Gasteiger partial charge < -0.3 is 5.32 Å². The molecule has 2 heterocycles. The van der Waals surface area contributed by atoms with E-state index in [2.05, 4.69) is 34.5 Å². The zero-order valence-electron chi connectivity index (χ0n) is 19.5. The summed E-state index contributed by atoms with van der Waals surface area (Å²) in [5, 5.41) is 3.02. The van der Waals surface area contributed by atoms with Crippen molar-refractivity contribution in [2.24, 2.45) is 5.92 Å². The zero-order valence-corrected chi connectivity index (χ0v) is 20.3. The summed E-state index contributed by atoms with van der Waals surface area (Å²) in [6.07, 6.45) is 5.31. The number of nitrogens with zero attached hydrogens (tertiary/aromatic N) is 2. The van der Waals surface area contributed by atoms with Crippen molar-refractivity contribution in [2.75, 3.05) is 26.2 Å². The monoisotopic (exact) mass is 469 g/mol. The van der Waals surface area contributed by atoms with Gasteiger partial charge in [0.05, 0.1) is 10.8 Å². The first-order valence-electron chi connectivity index (χ1n) is 12.1. The number of piperidine rings is 2. The molecule has 178 valence electrons. The molecular formula is C26H35N3O3S.